The van der Waals surface area contributed by atoms with Crippen LogP contribution in [0.4, 0.5) is 10.1 Å². The Morgan fingerprint density at radius 2 is 1.86 bits per heavy atom. The molecule has 0 spiro atoms. The van der Waals surface area contributed by atoms with Crippen molar-refractivity contribution in [2.75, 3.05) is 38.0 Å². The fourth-order valence-corrected chi connectivity index (χ4v) is 4.01. The van der Waals surface area contributed by atoms with Crippen LogP contribution in [-0.4, -0.2) is 66.4 Å². The maximum absolute atomic E-state index is 13.2. The molecule has 3 rings (SSSR count). The number of carbonyl (C=O) groups excluding carboxylic acids is 2. The Morgan fingerprint density at radius 3 is 2.54 bits per heavy atom. The molecular weight excluding hydrogens is 359 g/mol. The highest BCUT2D eigenvalue weighted by Gasteiger charge is 2.27. The highest BCUT2D eigenvalue weighted by molar-refractivity contribution is 5.92. The molecule has 1 aliphatic carbocycles. The monoisotopic (exact) mass is 390 g/mol. The molecule has 154 valence electrons. The number of hydrogen-bond donors (Lipinski definition) is 2. The van der Waals surface area contributed by atoms with Gasteiger partial charge in [-0.05, 0) is 38.0 Å². The van der Waals surface area contributed by atoms with E-state index in [4.69, 9.17) is 0 Å². The zero-order valence-electron chi connectivity index (χ0n) is 16.6. The van der Waals surface area contributed by atoms with Crippen molar-refractivity contribution in [2.45, 2.75) is 51.1 Å². The SMILES string of the molecule is CC(C(=O)NC1CCCCC1)N1CCN(CC(=O)Nc2cccc(F)c2)CC1. The Kier molecular flexibility index (Phi) is 7.39. The molecule has 0 bridgehead atoms. The third kappa shape index (κ3) is 6.01. The standard InChI is InChI=1S/C21H31FN4O2/c1-16(21(28)24-18-7-3-2-4-8-18)26-12-10-25(11-13-26)15-20(27)23-19-9-5-6-17(22)14-19/h5-6,9,14,16,18H,2-4,7-8,10-13,15H2,1H3,(H,23,27)(H,24,28). The second kappa shape index (κ2) is 9.98. The van der Waals surface area contributed by atoms with Crippen molar-refractivity contribution >= 4 is 17.5 Å². The van der Waals surface area contributed by atoms with Crippen molar-refractivity contribution in [3.05, 3.63) is 30.1 Å². The summed E-state index contributed by atoms with van der Waals surface area (Å²) >= 11 is 0. The van der Waals surface area contributed by atoms with Gasteiger partial charge in [0.2, 0.25) is 11.8 Å². The van der Waals surface area contributed by atoms with Crippen LogP contribution in [0.3, 0.4) is 0 Å². The summed E-state index contributed by atoms with van der Waals surface area (Å²) < 4.78 is 13.2. The number of nitrogens with zero attached hydrogens (tertiary/aromatic N) is 2. The van der Waals surface area contributed by atoms with Gasteiger partial charge < -0.3 is 10.6 Å². The minimum absolute atomic E-state index is 0.115. The Balaban J connectivity index is 1.39. The molecule has 28 heavy (non-hydrogen) atoms. The Morgan fingerprint density at radius 1 is 1.14 bits per heavy atom. The van der Waals surface area contributed by atoms with Crippen LogP contribution in [0.25, 0.3) is 0 Å². The van der Waals surface area contributed by atoms with Gasteiger partial charge in [-0.3, -0.25) is 19.4 Å². The maximum atomic E-state index is 13.2. The summed E-state index contributed by atoms with van der Waals surface area (Å²) in [7, 11) is 0. The molecular formula is C21H31FN4O2. The van der Waals surface area contributed by atoms with Gasteiger partial charge in [0.1, 0.15) is 5.82 Å². The first-order valence-corrected chi connectivity index (χ1v) is 10.3. The van der Waals surface area contributed by atoms with Crippen LogP contribution in [0.2, 0.25) is 0 Å². The summed E-state index contributed by atoms with van der Waals surface area (Å²) in [5, 5.41) is 5.93. The zero-order chi connectivity index (χ0) is 19.9. The van der Waals surface area contributed by atoms with Crippen molar-refractivity contribution in [3.63, 3.8) is 0 Å². The van der Waals surface area contributed by atoms with E-state index in [1.807, 2.05) is 6.92 Å². The fraction of sp³-hybridized carbons (Fsp3) is 0.619. The van der Waals surface area contributed by atoms with E-state index in [-0.39, 0.29) is 30.2 Å². The van der Waals surface area contributed by atoms with E-state index in [1.54, 1.807) is 12.1 Å². The molecule has 1 heterocycles. The van der Waals surface area contributed by atoms with Crippen molar-refractivity contribution in [1.29, 1.82) is 0 Å². The van der Waals surface area contributed by atoms with Crippen LogP contribution in [0.1, 0.15) is 39.0 Å². The third-order valence-corrected chi connectivity index (χ3v) is 5.76. The van der Waals surface area contributed by atoms with Gasteiger partial charge in [-0.1, -0.05) is 25.3 Å². The number of halogens is 1. The highest BCUT2D eigenvalue weighted by Crippen LogP contribution is 2.18. The average molecular weight is 391 g/mol. The number of carbonyl (C=O) groups is 2. The van der Waals surface area contributed by atoms with Gasteiger partial charge in [0, 0.05) is 37.9 Å². The summed E-state index contributed by atoms with van der Waals surface area (Å²) in [6.07, 6.45) is 5.86. The van der Waals surface area contributed by atoms with Gasteiger partial charge in [0.05, 0.1) is 12.6 Å². The number of anilines is 1. The summed E-state index contributed by atoms with van der Waals surface area (Å²) in [4.78, 5) is 29.0. The van der Waals surface area contributed by atoms with Crippen LogP contribution < -0.4 is 10.6 Å². The van der Waals surface area contributed by atoms with E-state index >= 15 is 0 Å². The van der Waals surface area contributed by atoms with E-state index in [0.717, 1.165) is 39.0 Å². The van der Waals surface area contributed by atoms with Crippen LogP contribution in [0.15, 0.2) is 24.3 Å². The largest absolute Gasteiger partial charge is 0.352 e. The lowest BCUT2D eigenvalue weighted by Crippen LogP contribution is -2.55. The molecule has 1 aromatic rings. The molecule has 2 aliphatic rings. The van der Waals surface area contributed by atoms with Gasteiger partial charge in [-0.15, -0.1) is 0 Å². The normalized spacial score (nSPS) is 20.5. The van der Waals surface area contributed by atoms with Crippen LogP contribution in [0, 0.1) is 5.82 Å². The molecule has 1 unspecified atom stereocenters. The number of piperazine rings is 1. The molecule has 2 fully saturated rings. The first-order valence-electron chi connectivity index (χ1n) is 10.3. The Labute approximate surface area is 166 Å². The molecule has 7 heteroatoms. The van der Waals surface area contributed by atoms with Crippen molar-refractivity contribution in [3.8, 4) is 0 Å². The molecule has 6 nitrogen and oxygen atoms in total. The lowest BCUT2D eigenvalue weighted by atomic mass is 9.95. The lowest BCUT2D eigenvalue weighted by molar-refractivity contribution is -0.128. The lowest BCUT2D eigenvalue weighted by Gasteiger charge is -2.37. The summed E-state index contributed by atoms with van der Waals surface area (Å²) in [6.45, 7) is 5.21. The third-order valence-electron chi connectivity index (χ3n) is 5.76. The smallest absolute Gasteiger partial charge is 0.238 e. The average Bonchev–Trinajstić information content (AvgIpc) is 2.68. The van der Waals surface area contributed by atoms with Crippen molar-refractivity contribution in [2.24, 2.45) is 0 Å². The van der Waals surface area contributed by atoms with Gasteiger partial charge in [0.25, 0.3) is 0 Å². The van der Waals surface area contributed by atoms with Crippen molar-refractivity contribution in [1.82, 2.24) is 15.1 Å². The molecule has 1 aliphatic heterocycles. The van der Waals surface area contributed by atoms with E-state index < -0.39 is 0 Å². The fourth-order valence-electron chi connectivity index (χ4n) is 4.01. The number of rotatable bonds is 6. The van der Waals surface area contributed by atoms with Crippen LogP contribution in [-0.2, 0) is 9.59 Å². The second-order valence-corrected chi connectivity index (χ2v) is 7.89. The predicted octanol–water partition coefficient (Wildman–Crippen LogP) is 2.22. The van der Waals surface area contributed by atoms with E-state index in [9.17, 15) is 14.0 Å². The minimum atomic E-state index is -0.369. The maximum Gasteiger partial charge on any atom is 0.238 e. The molecule has 0 aromatic heterocycles. The zero-order valence-corrected chi connectivity index (χ0v) is 16.6. The second-order valence-electron chi connectivity index (χ2n) is 7.89. The molecule has 1 saturated carbocycles. The van der Waals surface area contributed by atoms with Gasteiger partial charge in [0.15, 0.2) is 0 Å². The summed E-state index contributed by atoms with van der Waals surface area (Å²) in [5.41, 5.74) is 0.469. The minimum Gasteiger partial charge on any atom is -0.352 e. The summed E-state index contributed by atoms with van der Waals surface area (Å²) in [5.74, 6) is -0.404. The predicted molar refractivity (Wildman–Crippen MR) is 108 cm³/mol. The summed E-state index contributed by atoms with van der Waals surface area (Å²) in [6, 6.07) is 6.08. The number of hydrogen-bond acceptors (Lipinski definition) is 4. The molecule has 1 saturated heterocycles. The molecule has 0 radical (unpaired) electrons. The van der Waals surface area contributed by atoms with Crippen LogP contribution in [0.5, 0.6) is 0 Å². The first kappa shape index (κ1) is 20.7. The Bertz CT molecular complexity index is 670. The number of amides is 2. The van der Waals surface area contributed by atoms with Gasteiger partial charge in [-0.25, -0.2) is 4.39 Å². The topological polar surface area (TPSA) is 64.7 Å². The van der Waals surface area contributed by atoms with Gasteiger partial charge in [-0.2, -0.15) is 0 Å². The highest BCUT2D eigenvalue weighted by atomic mass is 19.1. The van der Waals surface area contributed by atoms with E-state index in [1.165, 1.54) is 31.4 Å². The number of benzene rings is 1. The molecule has 1 atom stereocenters. The Hall–Kier alpha value is -1.99. The molecule has 2 amide bonds. The molecule has 2 N–H and O–H groups in total. The molecule has 1 aromatic carbocycles. The first-order chi connectivity index (χ1) is 13.5. The van der Waals surface area contributed by atoms with Gasteiger partial charge >= 0.3 is 0 Å². The number of nitrogens with one attached hydrogen (secondary N) is 2. The van der Waals surface area contributed by atoms with Crippen molar-refractivity contribution < 1.29 is 14.0 Å². The van der Waals surface area contributed by atoms with E-state index in [0.29, 0.717) is 11.7 Å². The van der Waals surface area contributed by atoms with Crippen LogP contribution >= 0.6 is 0 Å². The quantitative estimate of drug-likeness (QED) is 0.782. The van der Waals surface area contributed by atoms with E-state index in [2.05, 4.69) is 20.4 Å².